The molecule has 154 valence electrons. The molecule has 5 rings (SSSR count). The number of benzene rings is 2. The SMILES string of the molecule is Cc1ccc(-n2c(SCc3nc(-c4cccc(C)c4)no3)nc3ccsc3c2=O)cc1. The monoisotopic (exact) mass is 446 g/mol. The first-order chi connectivity index (χ1) is 15.1. The number of hydrogen-bond acceptors (Lipinski definition) is 7. The maximum Gasteiger partial charge on any atom is 0.276 e. The Kier molecular flexibility index (Phi) is 5.17. The zero-order chi connectivity index (χ0) is 21.4. The summed E-state index contributed by atoms with van der Waals surface area (Å²) in [6.45, 7) is 4.04. The lowest BCUT2D eigenvalue weighted by Crippen LogP contribution is -2.20. The molecule has 0 N–H and O–H groups in total. The fourth-order valence-electron chi connectivity index (χ4n) is 3.25. The van der Waals surface area contributed by atoms with Gasteiger partial charge < -0.3 is 4.52 Å². The molecule has 0 unspecified atom stereocenters. The van der Waals surface area contributed by atoms with Gasteiger partial charge in [-0.25, -0.2) is 4.98 Å². The minimum atomic E-state index is -0.0719. The van der Waals surface area contributed by atoms with Crippen LogP contribution in [0.4, 0.5) is 0 Å². The highest BCUT2D eigenvalue weighted by Crippen LogP contribution is 2.27. The van der Waals surface area contributed by atoms with Gasteiger partial charge in [0.1, 0.15) is 4.70 Å². The Balaban J connectivity index is 1.49. The van der Waals surface area contributed by atoms with Crippen LogP contribution in [0.1, 0.15) is 17.0 Å². The van der Waals surface area contributed by atoms with Crippen LogP contribution >= 0.6 is 23.1 Å². The molecule has 0 saturated carbocycles. The van der Waals surface area contributed by atoms with Gasteiger partial charge in [-0.1, -0.05) is 58.4 Å². The molecule has 0 spiro atoms. The summed E-state index contributed by atoms with van der Waals surface area (Å²) in [6, 6.07) is 17.7. The third-order valence-electron chi connectivity index (χ3n) is 4.81. The van der Waals surface area contributed by atoms with Crippen molar-refractivity contribution < 1.29 is 4.52 Å². The summed E-state index contributed by atoms with van der Waals surface area (Å²) in [7, 11) is 0. The molecule has 0 saturated heterocycles. The quantitative estimate of drug-likeness (QED) is 0.266. The molecule has 0 aliphatic carbocycles. The number of nitrogens with zero attached hydrogens (tertiary/aromatic N) is 4. The van der Waals surface area contributed by atoms with Crippen molar-refractivity contribution in [3.63, 3.8) is 0 Å². The second kappa shape index (κ2) is 8.13. The predicted octanol–water partition coefficient (Wildman–Crippen LogP) is 5.41. The lowest BCUT2D eigenvalue weighted by atomic mass is 10.1. The Morgan fingerprint density at radius 2 is 1.87 bits per heavy atom. The van der Waals surface area contributed by atoms with Crippen LogP contribution in [0.5, 0.6) is 0 Å². The van der Waals surface area contributed by atoms with Crippen LogP contribution in [0.2, 0.25) is 0 Å². The van der Waals surface area contributed by atoms with Crippen LogP contribution in [0.3, 0.4) is 0 Å². The van der Waals surface area contributed by atoms with E-state index in [0.29, 0.717) is 32.8 Å². The molecule has 31 heavy (non-hydrogen) atoms. The standard InChI is InChI=1S/C23H18N4O2S2/c1-14-6-8-17(9-7-14)27-22(28)20-18(10-11-30-20)24-23(27)31-13-19-25-21(26-29-19)16-5-3-4-15(2)12-16/h3-12H,13H2,1-2H3. The van der Waals surface area contributed by atoms with Gasteiger partial charge in [0.2, 0.25) is 11.7 Å². The molecule has 0 atom stereocenters. The first kappa shape index (κ1) is 19.7. The van der Waals surface area contributed by atoms with E-state index in [1.807, 2.05) is 73.8 Å². The number of hydrogen-bond donors (Lipinski definition) is 0. The van der Waals surface area contributed by atoms with Crippen LogP contribution < -0.4 is 5.56 Å². The van der Waals surface area contributed by atoms with Crippen LogP contribution in [-0.2, 0) is 5.75 Å². The Labute approximate surface area is 186 Å². The van der Waals surface area contributed by atoms with Crippen molar-refractivity contribution >= 4 is 33.3 Å². The lowest BCUT2D eigenvalue weighted by Gasteiger charge is -2.11. The maximum absolute atomic E-state index is 13.2. The van der Waals surface area contributed by atoms with E-state index >= 15 is 0 Å². The van der Waals surface area contributed by atoms with Gasteiger partial charge in [0.15, 0.2) is 5.16 Å². The molecular formula is C23H18N4O2S2. The first-order valence-electron chi connectivity index (χ1n) is 9.68. The van der Waals surface area contributed by atoms with Crippen molar-refractivity contribution in [2.24, 2.45) is 0 Å². The molecule has 0 bridgehead atoms. The number of aryl methyl sites for hydroxylation is 2. The highest BCUT2D eigenvalue weighted by atomic mass is 32.2. The molecule has 0 fully saturated rings. The summed E-state index contributed by atoms with van der Waals surface area (Å²) < 4.78 is 7.75. The topological polar surface area (TPSA) is 73.8 Å². The van der Waals surface area contributed by atoms with E-state index in [1.54, 1.807) is 4.57 Å². The average Bonchev–Trinajstić information content (AvgIpc) is 3.43. The van der Waals surface area contributed by atoms with Crippen molar-refractivity contribution in [2.45, 2.75) is 24.8 Å². The molecular weight excluding hydrogens is 428 g/mol. The first-order valence-corrected chi connectivity index (χ1v) is 11.5. The van der Waals surface area contributed by atoms with E-state index < -0.39 is 0 Å². The summed E-state index contributed by atoms with van der Waals surface area (Å²) in [5, 5.41) is 6.58. The average molecular weight is 447 g/mol. The van der Waals surface area contributed by atoms with Crippen molar-refractivity contribution in [3.8, 4) is 17.1 Å². The number of thioether (sulfide) groups is 1. The van der Waals surface area contributed by atoms with E-state index in [1.165, 1.54) is 23.1 Å². The van der Waals surface area contributed by atoms with E-state index in [4.69, 9.17) is 9.51 Å². The summed E-state index contributed by atoms with van der Waals surface area (Å²) in [6.07, 6.45) is 0. The summed E-state index contributed by atoms with van der Waals surface area (Å²) in [5.74, 6) is 1.44. The zero-order valence-corrected chi connectivity index (χ0v) is 18.5. The highest BCUT2D eigenvalue weighted by molar-refractivity contribution is 7.98. The molecule has 3 heterocycles. The van der Waals surface area contributed by atoms with Gasteiger partial charge in [0.05, 0.1) is 17.0 Å². The van der Waals surface area contributed by atoms with E-state index in [2.05, 4.69) is 10.1 Å². The van der Waals surface area contributed by atoms with Crippen LogP contribution in [0.25, 0.3) is 27.3 Å². The molecule has 8 heteroatoms. The second-order valence-corrected chi connectivity index (χ2v) is 9.03. The van der Waals surface area contributed by atoms with Gasteiger partial charge >= 0.3 is 0 Å². The van der Waals surface area contributed by atoms with Crippen molar-refractivity contribution in [1.29, 1.82) is 0 Å². The lowest BCUT2D eigenvalue weighted by molar-refractivity contribution is 0.391. The Morgan fingerprint density at radius 3 is 2.68 bits per heavy atom. The number of rotatable bonds is 5. The fourth-order valence-corrected chi connectivity index (χ4v) is 4.86. The van der Waals surface area contributed by atoms with Crippen LogP contribution in [0.15, 0.2) is 74.5 Å². The van der Waals surface area contributed by atoms with E-state index in [-0.39, 0.29) is 5.56 Å². The number of fused-ring (bicyclic) bond motifs is 1. The predicted molar refractivity (Wildman–Crippen MR) is 124 cm³/mol. The fraction of sp³-hybridized carbons (Fsp3) is 0.130. The van der Waals surface area contributed by atoms with Gasteiger partial charge in [0.25, 0.3) is 5.56 Å². The molecule has 0 radical (unpaired) electrons. The van der Waals surface area contributed by atoms with E-state index in [0.717, 1.165) is 22.4 Å². The highest BCUT2D eigenvalue weighted by Gasteiger charge is 2.16. The van der Waals surface area contributed by atoms with Crippen LogP contribution in [0, 0.1) is 13.8 Å². The van der Waals surface area contributed by atoms with Crippen LogP contribution in [-0.4, -0.2) is 19.7 Å². The molecule has 6 nitrogen and oxygen atoms in total. The van der Waals surface area contributed by atoms with Gasteiger partial charge in [-0.05, 0) is 43.5 Å². The number of thiophene rings is 1. The Bertz CT molecular complexity index is 1430. The Hall–Kier alpha value is -3.23. The third-order valence-corrected chi connectivity index (χ3v) is 6.63. The molecule has 5 aromatic rings. The molecule has 3 aromatic heterocycles. The molecule has 0 aliphatic rings. The zero-order valence-electron chi connectivity index (χ0n) is 16.9. The Morgan fingerprint density at radius 1 is 1.03 bits per heavy atom. The third kappa shape index (κ3) is 3.92. The van der Waals surface area contributed by atoms with Crippen molar-refractivity contribution in [1.82, 2.24) is 19.7 Å². The maximum atomic E-state index is 13.2. The smallest absolute Gasteiger partial charge is 0.276 e. The van der Waals surface area contributed by atoms with Gasteiger partial charge in [-0.2, -0.15) is 4.98 Å². The summed E-state index contributed by atoms with van der Waals surface area (Å²) in [5.41, 5.74) is 4.59. The molecule has 2 aromatic carbocycles. The van der Waals surface area contributed by atoms with E-state index in [9.17, 15) is 4.79 Å². The van der Waals surface area contributed by atoms with Crippen molar-refractivity contribution in [3.05, 3.63) is 87.3 Å². The minimum absolute atomic E-state index is 0.0719. The normalized spacial score (nSPS) is 11.3. The molecule has 0 amide bonds. The van der Waals surface area contributed by atoms with Crippen molar-refractivity contribution in [2.75, 3.05) is 0 Å². The van der Waals surface area contributed by atoms with Gasteiger partial charge in [-0.3, -0.25) is 9.36 Å². The largest absolute Gasteiger partial charge is 0.338 e. The summed E-state index contributed by atoms with van der Waals surface area (Å²) in [4.78, 5) is 22.4. The van der Waals surface area contributed by atoms with Gasteiger partial charge in [-0.15, -0.1) is 11.3 Å². The number of aromatic nitrogens is 4. The second-order valence-electron chi connectivity index (χ2n) is 7.18. The molecule has 0 aliphatic heterocycles. The summed E-state index contributed by atoms with van der Waals surface area (Å²) >= 11 is 2.81. The van der Waals surface area contributed by atoms with Gasteiger partial charge in [0, 0.05) is 5.56 Å². The minimum Gasteiger partial charge on any atom is -0.338 e.